The third-order valence-corrected chi connectivity index (χ3v) is 3.09. The van der Waals surface area contributed by atoms with E-state index in [1.165, 1.54) is 18.2 Å². The fourth-order valence-electron chi connectivity index (χ4n) is 2.15. The predicted molar refractivity (Wildman–Crippen MR) is 79.5 cm³/mol. The van der Waals surface area contributed by atoms with E-state index in [-0.39, 0.29) is 17.1 Å². The lowest BCUT2D eigenvalue weighted by atomic mass is 10.1. The average Bonchev–Trinajstić information content (AvgIpc) is 2.46. The van der Waals surface area contributed by atoms with Crippen molar-refractivity contribution in [1.82, 2.24) is 4.98 Å². The Kier molecular flexibility index (Phi) is 3.16. The number of hydrogen-bond acceptors (Lipinski definition) is 4. The number of hydrogen-bond donors (Lipinski definition) is 3. The van der Waals surface area contributed by atoms with Crippen LogP contribution in [0.3, 0.4) is 0 Å². The molecule has 0 saturated carbocycles. The topological polar surface area (TPSA) is 82.5 Å². The largest absolute Gasteiger partial charge is 0.508 e. The molecule has 0 aliphatic heterocycles. The van der Waals surface area contributed by atoms with Crippen LogP contribution in [0.2, 0.25) is 0 Å². The lowest BCUT2D eigenvalue weighted by Gasteiger charge is -2.09. The van der Waals surface area contributed by atoms with Crippen molar-refractivity contribution in [3.8, 4) is 11.5 Å². The molecule has 3 N–H and O–H groups in total. The van der Waals surface area contributed by atoms with Crippen LogP contribution in [0.25, 0.3) is 10.8 Å². The normalized spacial score (nSPS) is 10.5. The van der Waals surface area contributed by atoms with E-state index >= 15 is 0 Å². The number of nitrogens with zero attached hydrogens (tertiary/aromatic N) is 1. The highest BCUT2D eigenvalue weighted by atomic mass is 16.3. The smallest absolute Gasteiger partial charge is 0.255 e. The number of anilines is 1. The maximum atomic E-state index is 12.2. The van der Waals surface area contributed by atoms with Gasteiger partial charge in [0.1, 0.15) is 11.5 Å². The Labute approximate surface area is 120 Å². The van der Waals surface area contributed by atoms with E-state index in [1.54, 1.807) is 18.5 Å². The van der Waals surface area contributed by atoms with E-state index in [9.17, 15) is 15.0 Å². The fraction of sp³-hybridized carbons (Fsp3) is 0. The van der Waals surface area contributed by atoms with Crippen LogP contribution in [0.1, 0.15) is 10.4 Å². The summed E-state index contributed by atoms with van der Waals surface area (Å²) >= 11 is 0. The zero-order chi connectivity index (χ0) is 14.8. The van der Waals surface area contributed by atoms with Crippen LogP contribution in [0.4, 0.5) is 5.69 Å². The van der Waals surface area contributed by atoms with E-state index < -0.39 is 5.91 Å². The second kappa shape index (κ2) is 5.13. The molecule has 3 aromatic rings. The fourth-order valence-corrected chi connectivity index (χ4v) is 2.15. The summed E-state index contributed by atoms with van der Waals surface area (Å²) in [4.78, 5) is 16.2. The van der Waals surface area contributed by atoms with Gasteiger partial charge in [0.25, 0.3) is 5.91 Å². The molecule has 21 heavy (non-hydrogen) atoms. The Morgan fingerprint density at radius 3 is 2.57 bits per heavy atom. The first-order chi connectivity index (χ1) is 10.1. The van der Waals surface area contributed by atoms with Crippen LogP contribution in [0.15, 0.2) is 54.9 Å². The second-order valence-corrected chi connectivity index (χ2v) is 4.59. The lowest BCUT2D eigenvalue weighted by Crippen LogP contribution is -2.12. The van der Waals surface area contributed by atoms with E-state index in [0.29, 0.717) is 5.69 Å². The molecule has 0 unspecified atom stereocenters. The highest BCUT2D eigenvalue weighted by molar-refractivity contribution is 6.09. The van der Waals surface area contributed by atoms with Crippen molar-refractivity contribution in [2.24, 2.45) is 0 Å². The third kappa shape index (κ3) is 2.62. The minimum atomic E-state index is -0.412. The summed E-state index contributed by atoms with van der Waals surface area (Å²) in [5, 5.41) is 23.4. The van der Waals surface area contributed by atoms with Gasteiger partial charge in [-0.1, -0.05) is 12.1 Å². The van der Waals surface area contributed by atoms with Gasteiger partial charge >= 0.3 is 0 Å². The molecule has 5 heteroatoms. The highest BCUT2D eigenvalue weighted by Gasteiger charge is 2.10. The molecule has 0 bridgehead atoms. The zero-order valence-electron chi connectivity index (χ0n) is 10.9. The summed E-state index contributed by atoms with van der Waals surface area (Å²) in [7, 11) is 0. The van der Waals surface area contributed by atoms with Crippen LogP contribution in [-0.4, -0.2) is 21.1 Å². The monoisotopic (exact) mass is 280 g/mol. The number of phenols is 2. The van der Waals surface area contributed by atoms with Crippen LogP contribution in [0.5, 0.6) is 11.5 Å². The van der Waals surface area contributed by atoms with Crippen molar-refractivity contribution in [3.63, 3.8) is 0 Å². The molecule has 1 heterocycles. The van der Waals surface area contributed by atoms with Gasteiger partial charge in [0.2, 0.25) is 0 Å². The van der Waals surface area contributed by atoms with E-state index in [2.05, 4.69) is 10.3 Å². The molecule has 0 aliphatic carbocycles. The standard InChI is InChI=1S/C16H12N2O3/c19-12-6-11(7-13(20)8-12)16(21)18-15-3-1-2-10-9-17-5-4-14(10)15/h1-9,19-20H,(H,18,21). The number of carbonyl (C=O) groups excluding carboxylic acids is 1. The Hall–Kier alpha value is -3.08. The summed E-state index contributed by atoms with van der Waals surface area (Å²) in [5.41, 5.74) is 0.821. The van der Waals surface area contributed by atoms with Crippen molar-refractivity contribution < 1.29 is 15.0 Å². The molecule has 104 valence electrons. The number of carbonyl (C=O) groups is 1. The minimum absolute atomic E-state index is 0.165. The number of nitrogens with one attached hydrogen (secondary N) is 1. The number of fused-ring (bicyclic) bond motifs is 1. The molecule has 0 aliphatic rings. The summed E-state index contributed by atoms with van der Waals surface area (Å²) < 4.78 is 0. The van der Waals surface area contributed by atoms with Gasteiger partial charge in [-0.15, -0.1) is 0 Å². The molecule has 0 radical (unpaired) electrons. The molecular weight excluding hydrogens is 268 g/mol. The van der Waals surface area contributed by atoms with Gasteiger partial charge in [0.15, 0.2) is 0 Å². The van der Waals surface area contributed by atoms with Crippen LogP contribution >= 0.6 is 0 Å². The number of amides is 1. The Morgan fingerprint density at radius 2 is 1.81 bits per heavy atom. The summed E-state index contributed by atoms with van der Waals surface area (Å²) in [6.45, 7) is 0. The molecular formula is C16H12N2O3. The number of phenolic OH excluding ortho intramolecular Hbond substituents is 2. The van der Waals surface area contributed by atoms with Crippen molar-refractivity contribution in [3.05, 3.63) is 60.4 Å². The Balaban J connectivity index is 1.96. The minimum Gasteiger partial charge on any atom is -0.508 e. The number of benzene rings is 2. The van der Waals surface area contributed by atoms with Gasteiger partial charge in [-0.25, -0.2) is 0 Å². The molecule has 2 aromatic carbocycles. The van der Waals surface area contributed by atoms with E-state index in [0.717, 1.165) is 10.8 Å². The van der Waals surface area contributed by atoms with Crippen LogP contribution in [0, 0.1) is 0 Å². The second-order valence-electron chi connectivity index (χ2n) is 4.59. The van der Waals surface area contributed by atoms with E-state index in [4.69, 9.17) is 0 Å². The van der Waals surface area contributed by atoms with Gasteiger partial charge in [-0.05, 0) is 24.3 Å². The number of aromatic nitrogens is 1. The number of rotatable bonds is 2. The summed E-state index contributed by atoms with van der Waals surface area (Å²) in [6, 6.07) is 11.1. The quantitative estimate of drug-likeness (QED) is 0.674. The Bertz CT molecular complexity index is 805. The van der Waals surface area contributed by atoms with Crippen LogP contribution < -0.4 is 5.32 Å². The molecule has 0 atom stereocenters. The van der Waals surface area contributed by atoms with Gasteiger partial charge in [0.05, 0.1) is 0 Å². The van der Waals surface area contributed by atoms with Gasteiger partial charge in [0, 0.05) is 40.5 Å². The van der Waals surface area contributed by atoms with Gasteiger partial charge in [-0.2, -0.15) is 0 Å². The molecule has 0 spiro atoms. The van der Waals surface area contributed by atoms with Crippen molar-refractivity contribution in [2.75, 3.05) is 5.32 Å². The third-order valence-electron chi connectivity index (χ3n) is 3.09. The first-order valence-electron chi connectivity index (χ1n) is 6.30. The van der Waals surface area contributed by atoms with Crippen LogP contribution in [-0.2, 0) is 0 Å². The van der Waals surface area contributed by atoms with E-state index in [1.807, 2.05) is 18.2 Å². The summed E-state index contributed by atoms with van der Waals surface area (Å²) in [6.07, 6.45) is 3.36. The summed E-state index contributed by atoms with van der Waals surface area (Å²) in [5.74, 6) is -0.741. The van der Waals surface area contributed by atoms with Gasteiger partial charge in [-0.3, -0.25) is 9.78 Å². The Morgan fingerprint density at radius 1 is 1.05 bits per heavy atom. The maximum Gasteiger partial charge on any atom is 0.255 e. The molecule has 5 nitrogen and oxygen atoms in total. The zero-order valence-corrected chi connectivity index (χ0v) is 10.9. The average molecular weight is 280 g/mol. The highest BCUT2D eigenvalue weighted by Crippen LogP contribution is 2.24. The molecule has 0 fully saturated rings. The molecule has 1 amide bonds. The van der Waals surface area contributed by atoms with Crippen molar-refractivity contribution in [2.45, 2.75) is 0 Å². The SMILES string of the molecule is O=C(Nc1cccc2cnccc12)c1cc(O)cc(O)c1. The predicted octanol–water partition coefficient (Wildman–Crippen LogP) is 2.90. The number of aromatic hydroxyl groups is 2. The van der Waals surface area contributed by atoms with Crippen molar-refractivity contribution in [1.29, 1.82) is 0 Å². The maximum absolute atomic E-state index is 12.2. The first-order valence-corrected chi connectivity index (χ1v) is 6.30. The lowest BCUT2D eigenvalue weighted by molar-refractivity contribution is 0.102. The first kappa shape index (κ1) is 12.9. The van der Waals surface area contributed by atoms with Crippen molar-refractivity contribution >= 4 is 22.4 Å². The molecule has 0 saturated heterocycles. The molecule has 3 rings (SSSR count). The molecule has 1 aromatic heterocycles. The number of pyridine rings is 1. The van der Waals surface area contributed by atoms with Gasteiger partial charge < -0.3 is 15.5 Å².